The summed E-state index contributed by atoms with van der Waals surface area (Å²) in [5.41, 5.74) is 0. The standard InChI is InChI=1S/C18H24FNO4/c1-12-5-3-8-16(13(12)2)20-17(21)10-24-18(22)11-23-15-7-4-6-14(19)9-15/h4,6-7,9,12-13,16H,3,5,8,10-11H2,1-2H3,(H,20,21)/t12-,13-,16-/m1/s1. The summed E-state index contributed by atoms with van der Waals surface area (Å²) in [5.74, 6) is -0.196. The maximum Gasteiger partial charge on any atom is 0.344 e. The van der Waals surface area contributed by atoms with Gasteiger partial charge in [0.2, 0.25) is 0 Å². The van der Waals surface area contributed by atoms with Crippen LogP contribution in [0, 0.1) is 17.7 Å². The van der Waals surface area contributed by atoms with Crippen LogP contribution in [0.1, 0.15) is 33.1 Å². The number of carbonyl (C=O) groups is 2. The third kappa shape index (κ3) is 5.51. The fraction of sp³-hybridized carbons (Fsp3) is 0.556. The highest BCUT2D eigenvalue weighted by Gasteiger charge is 2.28. The third-order valence-corrected chi connectivity index (χ3v) is 4.57. The first kappa shape index (κ1) is 18.2. The van der Waals surface area contributed by atoms with Crippen LogP contribution in [0.25, 0.3) is 0 Å². The molecule has 0 bridgehead atoms. The molecule has 1 aromatic carbocycles. The van der Waals surface area contributed by atoms with Gasteiger partial charge in [-0.1, -0.05) is 32.8 Å². The number of benzene rings is 1. The molecule has 1 aliphatic rings. The number of esters is 1. The number of carbonyl (C=O) groups excluding carboxylic acids is 2. The van der Waals surface area contributed by atoms with Gasteiger partial charge in [0.1, 0.15) is 11.6 Å². The number of halogens is 1. The van der Waals surface area contributed by atoms with E-state index in [1.807, 2.05) is 0 Å². The van der Waals surface area contributed by atoms with E-state index in [1.54, 1.807) is 0 Å². The maximum atomic E-state index is 13.0. The quantitative estimate of drug-likeness (QED) is 0.811. The van der Waals surface area contributed by atoms with Gasteiger partial charge in [-0.25, -0.2) is 9.18 Å². The van der Waals surface area contributed by atoms with Crippen LogP contribution in [-0.2, 0) is 14.3 Å². The Bertz CT molecular complexity index is 578. The average molecular weight is 337 g/mol. The molecule has 1 aliphatic carbocycles. The van der Waals surface area contributed by atoms with Gasteiger partial charge in [-0.15, -0.1) is 0 Å². The molecule has 1 amide bonds. The summed E-state index contributed by atoms with van der Waals surface area (Å²) in [7, 11) is 0. The van der Waals surface area contributed by atoms with Crippen LogP contribution in [0.15, 0.2) is 24.3 Å². The largest absolute Gasteiger partial charge is 0.482 e. The Labute approximate surface area is 141 Å². The number of nitrogens with one attached hydrogen (secondary N) is 1. The minimum Gasteiger partial charge on any atom is -0.482 e. The lowest BCUT2D eigenvalue weighted by atomic mass is 9.78. The van der Waals surface area contributed by atoms with Gasteiger partial charge < -0.3 is 14.8 Å². The summed E-state index contributed by atoms with van der Waals surface area (Å²) in [5, 5.41) is 2.93. The normalized spacial score (nSPS) is 23.4. The van der Waals surface area contributed by atoms with E-state index in [9.17, 15) is 14.0 Å². The zero-order chi connectivity index (χ0) is 17.5. The van der Waals surface area contributed by atoms with Crippen molar-refractivity contribution in [1.82, 2.24) is 5.32 Å². The van der Waals surface area contributed by atoms with Gasteiger partial charge in [-0.05, 0) is 30.4 Å². The Morgan fingerprint density at radius 3 is 2.79 bits per heavy atom. The molecule has 0 unspecified atom stereocenters. The highest BCUT2D eigenvalue weighted by Crippen LogP contribution is 2.29. The highest BCUT2D eigenvalue weighted by atomic mass is 19.1. The molecular weight excluding hydrogens is 313 g/mol. The first-order chi connectivity index (χ1) is 11.5. The van der Waals surface area contributed by atoms with Crippen LogP contribution in [0.5, 0.6) is 5.75 Å². The Hall–Kier alpha value is -2.11. The summed E-state index contributed by atoms with van der Waals surface area (Å²) >= 11 is 0. The minimum atomic E-state index is -0.667. The smallest absolute Gasteiger partial charge is 0.344 e. The van der Waals surface area contributed by atoms with Crippen molar-refractivity contribution >= 4 is 11.9 Å². The van der Waals surface area contributed by atoms with E-state index < -0.39 is 11.8 Å². The molecule has 0 radical (unpaired) electrons. The first-order valence-corrected chi connectivity index (χ1v) is 8.29. The number of hydrogen-bond donors (Lipinski definition) is 1. The minimum absolute atomic E-state index is 0.128. The van der Waals surface area contributed by atoms with E-state index in [2.05, 4.69) is 19.2 Å². The van der Waals surface area contributed by atoms with Crippen molar-refractivity contribution in [1.29, 1.82) is 0 Å². The summed E-state index contributed by atoms with van der Waals surface area (Å²) in [6.07, 6.45) is 3.23. The second-order valence-electron chi connectivity index (χ2n) is 6.35. The van der Waals surface area contributed by atoms with Crippen LogP contribution >= 0.6 is 0 Å². The SMILES string of the molecule is C[C@@H]1[C@H](C)CCC[C@H]1NC(=O)COC(=O)COc1cccc(F)c1. The molecule has 0 aromatic heterocycles. The van der Waals surface area contributed by atoms with Crippen molar-refractivity contribution in [3.8, 4) is 5.75 Å². The van der Waals surface area contributed by atoms with Gasteiger partial charge >= 0.3 is 5.97 Å². The number of ether oxygens (including phenoxy) is 2. The number of rotatable bonds is 6. The molecule has 1 aromatic rings. The van der Waals surface area contributed by atoms with Crippen molar-refractivity contribution in [2.45, 2.75) is 39.2 Å². The van der Waals surface area contributed by atoms with Crippen LogP contribution in [0.2, 0.25) is 0 Å². The molecule has 3 atom stereocenters. The summed E-state index contributed by atoms with van der Waals surface area (Å²) < 4.78 is 23.0. The molecule has 0 heterocycles. The lowest BCUT2D eigenvalue weighted by molar-refractivity contribution is -0.150. The first-order valence-electron chi connectivity index (χ1n) is 8.29. The monoisotopic (exact) mass is 337 g/mol. The van der Waals surface area contributed by atoms with Crippen molar-refractivity contribution in [2.75, 3.05) is 13.2 Å². The molecule has 1 saturated carbocycles. The molecular formula is C18H24FNO4. The van der Waals surface area contributed by atoms with Gasteiger partial charge in [-0.3, -0.25) is 4.79 Å². The van der Waals surface area contributed by atoms with Gasteiger partial charge in [0.15, 0.2) is 13.2 Å². The zero-order valence-electron chi connectivity index (χ0n) is 14.1. The van der Waals surface area contributed by atoms with Crippen LogP contribution < -0.4 is 10.1 Å². The van der Waals surface area contributed by atoms with Crippen molar-refractivity contribution in [3.63, 3.8) is 0 Å². The maximum absolute atomic E-state index is 13.0. The van der Waals surface area contributed by atoms with Gasteiger partial charge in [0.25, 0.3) is 5.91 Å². The topological polar surface area (TPSA) is 64.6 Å². The van der Waals surface area contributed by atoms with E-state index >= 15 is 0 Å². The highest BCUT2D eigenvalue weighted by molar-refractivity contribution is 5.81. The van der Waals surface area contributed by atoms with Gasteiger partial charge in [-0.2, -0.15) is 0 Å². The fourth-order valence-corrected chi connectivity index (χ4v) is 2.92. The van der Waals surface area contributed by atoms with E-state index in [0.717, 1.165) is 12.8 Å². The molecule has 0 aliphatic heterocycles. The van der Waals surface area contributed by atoms with Crippen LogP contribution in [0.3, 0.4) is 0 Å². The van der Waals surface area contributed by atoms with E-state index in [4.69, 9.17) is 9.47 Å². The molecule has 2 rings (SSSR count). The van der Waals surface area contributed by atoms with Gasteiger partial charge in [0.05, 0.1) is 0 Å². The Morgan fingerprint density at radius 2 is 2.04 bits per heavy atom. The Balaban J connectivity index is 1.68. The van der Waals surface area contributed by atoms with Gasteiger partial charge in [0, 0.05) is 12.1 Å². The predicted molar refractivity (Wildman–Crippen MR) is 87.0 cm³/mol. The third-order valence-electron chi connectivity index (χ3n) is 4.57. The predicted octanol–water partition coefficient (Wildman–Crippen LogP) is 2.69. The Morgan fingerprint density at radius 1 is 1.25 bits per heavy atom. The summed E-state index contributed by atoms with van der Waals surface area (Å²) in [6, 6.07) is 5.60. The molecule has 6 heteroatoms. The summed E-state index contributed by atoms with van der Waals surface area (Å²) in [4.78, 5) is 23.5. The molecule has 132 valence electrons. The zero-order valence-corrected chi connectivity index (χ0v) is 14.1. The second kappa shape index (κ2) is 8.66. The molecule has 0 spiro atoms. The summed E-state index contributed by atoms with van der Waals surface area (Å²) in [6.45, 7) is 3.62. The van der Waals surface area contributed by atoms with E-state index in [0.29, 0.717) is 11.8 Å². The Kier molecular flexibility index (Phi) is 6.58. The van der Waals surface area contributed by atoms with Crippen LogP contribution in [0.4, 0.5) is 4.39 Å². The lowest BCUT2D eigenvalue weighted by Gasteiger charge is -2.34. The number of amides is 1. The molecule has 1 fully saturated rings. The van der Waals surface area contributed by atoms with Crippen molar-refractivity contribution < 1.29 is 23.5 Å². The second-order valence-corrected chi connectivity index (χ2v) is 6.35. The molecule has 0 saturated heterocycles. The van der Waals surface area contributed by atoms with Crippen molar-refractivity contribution in [2.24, 2.45) is 11.8 Å². The number of hydrogen-bond acceptors (Lipinski definition) is 4. The molecule has 24 heavy (non-hydrogen) atoms. The van der Waals surface area contributed by atoms with Crippen molar-refractivity contribution in [3.05, 3.63) is 30.1 Å². The van der Waals surface area contributed by atoms with E-state index in [1.165, 1.54) is 30.7 Å². The van der Waals surface area contributed by atoms with Crippen LogP contribution in [-0.4, -0.2) is 31.1 Å². The van der Waals surface area contributed by atoms with E-state index in [-0.39, 0.29) is 30.9 Å². The molecule has 1 N–H and O–H groups in total. The average Bonchev–Trinajstić information content (AvgIpc) is 2.55. The fourth-order valence-electron chi connectivity index (χ4n) is 2.92. The molecule has 5 nitrogen and oxygen atoms in total. The lowest BCUT2D eigenvalue weighted by Crippen LogP contribution is -2.45.